The fourth-order valence-corrected chi connectivity index (χ4v) is 3.75. The van der Waals surface area contributed by atoms with Crippen LogP contribution in [0.3, 0.4) is 0 Å². The number of H-pyrrole nitrogens is 1. The summed E-state index contributed by atoms with van der Waals surface area (Å²) in [7, 11) is -3.28. The summed E-state index contributed by atoms with van der Waals surface area (Å²) in [6.45, 7) is 4.55. The number of rotatable bonds is 3. The number of sulfonamides is 1. The van der Waals surface area contributed by atoms with E-state index in [2.05, 4.69) is 4.98 Å². The van der Waals surface area contributed by atoms with Crippen molar-refractivity contribution in [2.45, 2.75) is 20.3 Å². The molecule has 0 saturated carbocycles. The Labute approximate surface area is 135 Å². The van der Waals surface area contributed by atoms with Crippen LogP contribution in [0.5, 0.6) is 0 Å². The molecule has 0 aromatic carbocycles. The van der Waals surface area contributed by atoms with Crippen LogP contribution < -0.4 is 0 Å². The number of nitrogens with zero attached hydrogens (tertiary/aromatic N) is 2. The van der Waals surface area contributed by atoms with Crippen molar-refractivity contribution in [3.63, 3.8) is 0 Å². The van der Waals surface area contributed by atoms with Crippen molar-refractivity contribution in [3.05, 3.63) is 22.5 Å². The van der Waals surface area contributed by atoms with Crippen LogP contribution in [0.15, 0.2) is 0 Å². The third-order valence-electron chi connectivity index (χ3n) is 4.08. The van der Waals surface area contributed by atoms with Gasteiger partial charge in [0.2, 0.25) is 10.0 Å². The van der Waals surface area contributed by atoms with Crippen LogP contribution in [0.2, 0.25) is 0 Å². The van der Waals surface area contributed by atoms with E-state index in [0.29, 0.717) is 30.8 Å². The predicted octanol–water partition coefficient (Wildman–Crippen LogP) is 0.437. The monoisotopic (exact) mass is 343 g/mol. The number of aryl methyl sites for hydroxylation is 1. The molecule has 2 rings (SSSR count). The summed E-state index contributed by atoms with van der Waals surface area (Å²) in [4.78, 5) is 28.3. The summed E-state index contributed by atoms with van der Waals surface area (Å²) in [5.74, 6) is -1.37. The zero-order chi connectivity index (χ0) is 17.4. The summed E-state index contributed by atoms with van der Waals surface area (Å²) in [6, 6.07) is 0. The number of hydrogen-bond donors (Lipinski definition) is 2. The highest BCUT2D eigenvalue weighted by Crippen LogP contribution is 2.20. The highest BCUT2D eigenvalue weighted by Gasteiger charge is 2.28. The van der Waals surface area contributed by atoms with E-state index in [-0.39, 0.29) is 30.3 Å². The van der Waals surface area contributed by atoms with Crippen LogP contribution in [-0.4, -0.2) is 72.0 Å². The van der Waals surface area contributed by atoms with E-state index in [1.165, 1.54) is 4.31 Å². The average Bonchev–Trinajstić information content (AvgIpc) is 2.63. The van der Waals surface area contributed by atoms with Gasteiger partial charge in [0.25, 0.3) is 5.91 Å². The molecule has 1 amide bonds. The highest BCUT2D eigenvalue weighted by atomic mass is 32.2. The Kier molecular flexibility index (Phi) is 4.81. The maximum absolute atomic E-state index is 12.7. The molecule has 9 heteroatoms. The molecule has 2 heterocycles. The van der Waals surface area contributed by atoms with E-state index in [1.54, 1.807) is 18.7 Å². The number of aromatic nitrogens is 1. The molecule has 2 N–H and O–H groups in total. The van der Waals surface area contributed by atoms with Crippen LogP contribution in [0, 0.1) is 13.8 Å². The van der Waals surface area contributed by atoms with E-state index < -0.39 is 16.0 Å². The first-order chi connectivity index (χ1) is 10.6. The Bertz CT molecular complexity index is 738. The largest absolute Gasteiger partial charge is 0.478 e. The minimum absolute atomic E-state index is 0.112. The number of aromatic carboxylic acids is 1. The molecule has 8 nitrogen and oxygen atoms in total. The van der Waals surface area contributed by atoms with Crippen molar-refractivity contribution in [3.8, 4) is 0 Å². The average molecular weight is 343 g/mol. The lowest BCUT2D eigenvalue weighted by molar-refractivity contribution is 0.0695. The molecule has 0 aliphatic carbocycles. The van der Waals surface area contributed by atoms with Gasteiger partial charge in [-0.15, -0.1) is 0 Å². The van der Waals surface area contributed by atoms with Gasteiger partial charge in [-0.25, -0.2) is 17.5 Å². The van der Waals surface area contributed by atoms with E-state index >= 15 is 0 Å². The number of nitrogens with one attached hydrogen (secondary N) is 1. The summed E-state index contributed by atoms with van der Waals surface area (Å²) in [5.41, 5.74) is 1.21. The van der Waals surface area contributed by atoms with Crippen molar-refractivity contribution in [2.24, 2.45) is 0 Å². The predicted molar refractivity (Wildman–Crippen MR) is 84.2 cm³/mol. The number of aromatic amines is 1. The van der Waals surface area contributed by atoms with Crippen LogP contribution in [0.25, 0.3) is 0 Å². The molecule has 128 valence electrons. The summed E-state index contributed by atoms with van der Waals surface area (Å²) in [6.07, 6.45) is 1.70. The van der Waals surface area contributed by atoms with Crippen molar-refractivity contribution < 1.29 is 23.1 Å². The zero-order valence-electron chi connectivity index (χ0n) is 13.4. The first-order valence-electron chi connectivity index (χ1n) is 7.29. The van der Waals surface area contributed by atoms with E-state index in [0.717, 1.165) is 6.26 Å². The fraction of sp³-hybridized carbons (Fsp3) is 0.571. The lowest BCUT2D eigenvalue weighted by Gasteiger charge is -2.21. The third kappa shape index (κ3) is 3.56. The van der Waals surface area contributed by atoms with Crippen LogP contribution >= 0.6 is 0 Å². The number of hydrogen-bond acceptors (Lipinski definition) is 4. The van der Waals surface area contributed by atoms with Gasteiger partial charge in [0, 0.05) is 31.9 Å². The van der Waals surface area contributed by atoms with Gasteiger partial charge in [0.15, 0.2) is 0 Å². The van der Waals surface area contributed by atoms with Gasteiger partial charge >= 0.3 is 5.97 Å². The Morgan fingerprint density at radius 3 is 2.30 bits per heavy atom. The number of carbonyl (C=O) groups excluding carboxylic acids is 1. The van der Waals surface area contributed by atoms with Crippen molar-refractivity contribution in [1.82, 2.24) is 14.2 Å². The summed E-state index contributed by atoms with van der Waals surface area (Å²) in [5, 5.41) is 9.20. The second-order valence-electron chi connectivity index (χ2n) is 5.74. The van der Waals surface area contributed by atoms with E-state index in [4.69, 9.17) is 0 Å². The maximum Gasteiger partial charge on any atom is 0.337 e. The molecule has 23 heavy (non-hydrogen) atoms. The molecular weight excluding hydrogens is 322 g/mol. The molecule has 0 spiro atoms. The molecule has 0 bridgehead atoms. The summed E-state index contributed by atoms with van der Waals surface area (Å²) < 4.78 is 24.6. The van der Waals surface area contributed by atoms with Crippen molar-refractivity contribution in [1.29, 1.82) is 0 Å². The van der Waals surface area contributed by atoms with Gasteiger partial charge in [-0.1, -0.05) is 0 Å². The molecule has 1 aliphatic rings. The molecule has 1 aromatic heterocycles. The highest BCUT2D eigenvalue weighted by molar-refractivity contribution is 7.88. The molecular formula is C14H21N3O5S. The minimum atomic E-state index is -3.28. The van der Waals surface area contributed by atoms with Crippen LogP contribution in [0.1, 0.15) is 38.5 Å². The quantitative estimate of drug-likeness (QED) is 0.827. The lowest BCUT2D eigenvalue weighted by Crippen LogP contribution is -2.37. The van der Waals surface area contributed by atoms with E-state index in [1.807, 2.05) is 0 Å². The zero-order valence-corrected chi connectivity index (χ0v) is 14.2. The lowest BCUT2D eigenvalue weighted by atomic mass is 10.1. The standard InChI is InChI=1S/C14H21N3O5S/c1-9-11(14(19)20)10(2)15-12(9)13(18)16-5-4-6-17(8-7-16)23(3,21)22/h15H,4-8H2,1-3H3,(H,19,20). The Hall–Kier alpha value is -1.87. The molecule has 0 radical (unpaired) electrons. The van der Waals surface area contributed by atoms with Gasteiger partial charge in [-0.05, 0) is 25.8 Å². The Balaban J connectivity index is 2.22. The molecule has 0 unspecified atom stereocenters. The van der Waals surface area contributed by atoms with E-state index in [9.17, 15) is 23.1 Å². The van der Waals surface area contributed by atoms with Gasteiger partial charge in [-0.3, -0.25) is 4.79 Å². The maximum atomic E-state index is 12.7. The molecule has 1 aliphatic heterocycles. The second-order valence-corrected chi connectivity index (χ2v) is 7.72. The number of carboxylic acids is 1. The third-order valence-corrected chi connectivity index (χ3v) is 5.38. The molecule has 0 atom stereocenters. The molecule has 1 saturated heterocycles. The van der Waals surface area contributed by atoms with Crippen LogP contribution in [-0.2, 0) is 10.0 Å². The van der Waals surface area contributed by atoms with Gasteiger partial charge in [-0.2, -0.15) is 0 Å². The van der Waals surface area contributed by atoms with Crippen molar-refractivity contribution in [2.75, 3.05) is 32.4 Å². The minimum Gasteiger partial charge on any atom is -0.478 e. The van der Waals surface area contributed by atoms with Crippen molar-refractivity contribution >= 4 is 21.9 Å². The summed E-state index contributed by atoms with van der Waals surface area (Å²) >= 11 is 0. The first kappa shape index (κ1) is 17.5. The Morgan fingerprint density at radius 2 is 1.78 bits per heavy atom. The number of carboxylic acid groups (broad SMARTS) is 1. The molecule has 1 aromatic rings. The number of carbonyl (C=O) groups is 2. The van der Waals surface area contributed by atoms with Gasteiger partial charge < -0.3 is 15.0 Å². The van der Waals surface area contributed by atoms with Gasteiger partial charge in [0.05, 0.1) is 11.8 Å². The SMILES string of the molecule is Cc1[nH]c(C(=O)N2CCCN(S(C)(=O)=O)CC2)c(C)c1C(=O)O. The van der Waals surface area contributed by atoms with Gasteiger partial charge in [0.1, 0.15) is 5.69 Å². The topological polar surface area (TPSA) is 111 Å². The first-order valence-corrected chi connectivity index (χ1v) is 9.14. The molecule has 1 fully saturated rings. The smallest absolute Gasteiger partial charge is 0.337 e. The number of amides is 1. The fourth-order valence-electron chi connectivity index (χ4n) is 2.87. The Morgan fingerprint density at radius 1 is 1.13 bits per heavy atom. The normalized spacial score (nSPS) is 17.1. The van der Waals surface area contributed by atoms with Crippen LogP contribution in [0.4, 0.5) is 0 Å². The second kappa shape index (κ2) is 6.32.